The van der Waals surface area contributed by atoms with Crippen LogP contribution in [0.3, 0.4) is 0 Å². The van der Waals surface area contributed by atoms with Crippen molar-refractivity contribution in [1.29, 1.82) is 5.26 Å². The van der Waals surface area contributed by atoms with E-state index >= 15 is 0 Å². The van der Waals surface area contributed by atoms with Crippen LogP contribution in [0.4, 0.5) is 0 Å². The summed E-state index contributed by atoms with van der Waals surface area (Å²) in [6.45, 7) is 1.84. The zero-order valence-corrected chi connectivity index (χ0v) is 10.6. The van der Waals surface area contributed by atoms with Crippen molar-refractivity contribution in [2.75, 3.05) is 0 Å². The lowest BCUT2D eigenvalue weighted by Gasteiger charge is -1.98. The lowest BCUT2D eigenvalue weighted by Crippen LogP contribution is -1.90. The van der Waals surface area contributed by atoms with Gasteiger partial charge in [-0.05, 0) is 18.6 Å². The predicted molar refractivity (Wildman–Crippen MR) is 65.4 cm³/mol. The van der Waals surface area contributed by atoms with Gasteiger partial charge in [0.15, 0.2) is 5.75 Å². The average molecular weight is 276 g/mol. The number of carboxylic acid groups (broad SMARTS) is 1. The van der Waals surface area contributed by atoms with E-state index in [0.29, 0.717) is 12.0 Å². The van der Waals surface area contributed by atoms with Crippen LogP contribution in [0.15, 0.2) is 12.1 Å². The number of carbonyl (C=O) groups is 1. The van der Waals surface area contributed by atoms with Crippen molar-refractivity contribution in [3.8, 4) is 11.8 Å². The van der Waals surface area contributed by atoms with Gasteiger partial charge in [0, 0.05) is 6.42 Å². The Labute approximate surface area is 109 Å². The molecule has 1 aromatic carbocycles. The van der Waals surface area contributed by atoms with Crippen molar-refractivity contribution in [3.63, 3.8) is 0 Å². The SMILES string of the molecule is CCCC(=O)O.N#Cc1cc(Cl)c(O)c(Cl)c1. The second-order valence-electron chi connectivity index (χ2n) is 3.04. The highest BCUT2D eigenvalue weighted by Crippen LogP contribution is 2.32. The second-order valence-corrected chi connectivity index (χ2v) is 3.86. The number of benzene rings is 1. The number of phenolic OH excluding ortho intramolecular Hbond substituents is 1. The molecule has 0 aliphatic heterocycles. The van der Waals surface area contributed by atoms with Gasteiger partial charge in [-0.2, -0.15) is 5.26 Å². The number of halogens is 2. The van der Waals surface area contributed by atoms with Gasteiger partial charge in [0.05, 0.1) is 21.7 Å². The Morgan fingerprint density at radius 2 is 1.88 bits per heavy atom. The highest BCUT2D eigenvalue weighted by Gasteiger charge is 2.05. The first-order chi connectivity index (χ1) is 7.92. The Bertz CT molecular complexity index is 418. The fourth-order valence-corrected chi connectivity index (χ4v) is 1.33. The fraction of sp³-hybridized carbons (Fsp3) is 0.273. The third-order valence-electron chi connectivity index (χ3n) is 1.61. The number of nitrogens with zero attached hydrogens (tertiary/aromatic N) is 1. The molecule has 4 nitrogen and oxygen atoms in total. The minimum atomic E-state index is -0.711. The molecule has 0 saturated heterocycles. The molecule has 1 rings (SSSR count). The lowest BCUT2D eigenvalue weighted by atomic mass is 10.2. The molecule has 17 heavy (non-hydrogen) atoms. The van der Waals surface area contributed by atoms with Gasteiger partial charge >= 0.3 is 5.97 Å². The van der Waals surface area contributed by atoms with Crippen molar-refractivity contribution in [3.05, 3.63) is 27.7 Å². The van der Waals surface area contributed by atoms with E-state index in [1.807, 2.05) is 13.0 Å². The third-order valence-corrected chi connectivity index (χ3v) is 2.19. The van der Waals surface area contributed by atoms with Gasteiger partial charge in [0.1, 0.15) is 0 Å². The summed E-state index contributed by atoms with van der Waals surface area (Å²) in [6, 6.07) is 4.56. The number of aliphatic carboxylic acids is 1. The molecule has 0 spiro atoms. The van der Waals surface area contributed by atoms with Crippen LogP contribution in [-0.4, -0.2) is 16.2 Å². The molecule has 0 fully saturated rings. The molecule has 0 unspecified atom stereocenters. The smallest absolute Gasteiger partial charge is 0.303 e. The molecule has 0 amide bonds. The van der Waals surface area contributed by atoms with E-state index in [0.717, 1.165) is 6.42 Å². The number of hydrogen-bond donors (Lipinski definition) is 2. The zero-order valence-electron chi connectivity index (χ0n) is 9.07. The Hall–Kier alpha value is -1.44. The van der Waals surface area contributed by atoms with Crippen LogP contribution in [0.2, 0.25) is 10.0 Å². The van der Waals surface area contributed by atoms with Gasteiger partial charge in [-0.3, -0.25) is 4.79 Å². The van der Waals surface area contributed by atoms with Gasteiger partial charge < -0.3 is 10.2 Å². The number of nitriles is 1. The second kappa shape index (κ2) is 7.77. The van der Waals surface area contributed by atoms with Gasteiger partial charge in [0.2, 0.25) is 0 Å². The highest BCUT2D eigenvalue weighted by molar-refractivity contribution is 6.37. The molecule has 0 aliphatic rings. The Kier molecular flexibility index (Phi) is 7.11. The summed E-state index contributed by atoms with van der Waals surface area (Å²) in [4.78, 5) is 9.60. The van der Waals surface area contributed by atoms with Crippen molar-refractivity contribution in [1.82, 2.24) is 0 Å². The van der Waals surface area contributed by atoms with Gasteiger partial charge in [-0.25, -0.2) is 0 Å². The van der Waals surface area contributed by atoms with Crippen LogP contribution in [-0.2, 0) is 4.79 Å². The maximum absolute atomic E-state index is 9.60. The lowest BCUT2D eigenvalue weighted by molar-refractivity contribution is -0.137. The van der Waals surface area contributed by atoms with Gasteiger partial charge in [-0.1, -0.05) is 30.1 Å². The van der Waals surface area contributed by atoms with E-state index in [4.69, 9.17) is 38.7 Å². The van der Waals surface area contributed by atoms with Gasteiger partial charge in [0.25, 0.3) is 0 Å². The molecule has 0 saturated carbocycles. The van der Waals surface area contributed by atoms with Crippen LogP contribution in [0, 0.1) is 11.3 Å². The van der Waals surface area contributed by atoms with E-state index in [-0.39, 0.29) is 15.8 Å². The topological polar surface area (TPSA) is 81.3 Å². The number of phenols is 1. The first kappa shape index (κ1) is 15.6. The van der Waals surface area contributed by atoms with E-state index in [1.165, 1.54) is 12.1 Å². The van der Waals surface area contributed by atoms with Gasteiger partial charge in [-0.15, -0.1) is 0 Å². The largest absolute Gasteiger partial charge is 0.505 e. The van der Waals surface area contributed by atoms with E-state index in [2.05, 4.69) is 0 Å². The van der Waals surface area contributed by atoms with Crippen molar-refractivity contribution >= 4 is 29.2 Å². The molecule has 0 radical (unpaired) electrons. The molecule has 0 atom stereocenters. The third kappa shape index (κ3) is 6.00. The van der Waals surface area contributed by atoms with Crippen molar-refractivity contribution in [2.45, 2.75) is 19.8 Å². The maximum atomic E-state index is 9.60. The summed E-state index contributed by atoms with van der Waals surface area (Å²) in [6.07, 6.45) is 1.02. The summed E-state index contributed by atoms with van der Waals surface area (Å²) in [7, 11) is 0. The maximum Gasteiger partial charge on any atom is 0.303 e. The summed E-state index contributed by atoms with van der Waals surface area (Å²) >= 11 is 11.0. The fourth-order valence-electron chi connectivity index (χ4n) is 0.844. The number of rotatable bonds is 2. The average Bonchev–Trinajstić information content (AvgIpc) is 2.25. The minimum absolute atomic E-state index is 0.0917. The van der Waals surface area contributed by atoms with Crippen LogP contribution in [0.25, 0.3) is 0 Å². The molecule has 0 aromatic heterocycles. The quantitative estimate of drug-likeness (QED) is 0.866. The minimum Gasteiger partial charge on any atom is -0.505 e. The van der Waals surface area contributed by atoms with Crippen LogP contribution in [0.1, 0.15) is 25.3 Å². The molecule has 0 aliphatic carbocycles. The van der Waals surface area contributed by atoms with Crippen LogP contribution >= 0.6 is 23.2 Å². The van der Waals surface area contributed by atoms with Crippen molar-refractivity contribution in [2.24, 2.45) is 0 Å². The number of carboxylic acids is 1. The Balaban J connectivity index is 0.000000366. The Morgan fingerprint density at radius 1 is 1.41 bits per heavy atom. The van der Waals surface area contributed by atoms with Crippen molar-refractivity contribution < 1.29 is 15.0 Å². The molecule has 6 heteroatoms. The number of aromatic hydroxyl groups is 1. The monoisotopic (exact) mass is 275 g/mol. The van der Waals surface area contributed by atoms with E-state index < -0.39 is 5.97 Å². The molecule has 1 aromatic rings. The van der Waals surface area contributed by atoms with E-state index in [9.17, 15) is 4.79 Å². The molecule has 0 heterocycles. The molecule has 92 valence electrons. The first-order valence-electron chi connectivity index (χ1n) is 4.72. The predicted octanol–water partition coefficient (Wildman–Crippen LogP) is 3.44. The summed E-state index contributed by atoms with van der Waals surface area (Å²) in [5.41, 5.74) is 0.331. The molecular formula is C11H11Cl2NO3. The van der Waals surface area contributed by atoms with Crippen LogP contribution < -0.4 is 0 Å². The molecule has 2 N–H and O–H groups in total. The summed E-state index contributed by atoms with van der Waals surface area (Å²) in [5, 5.41) is 25.6. The highest BCUT2D eigenvalue weighted by atomic mass is 35.5. The zero-order chi connectivity index (χ0) is 13.4. The first-order valence-corrected chi connectivity index (χ1v) is 5.47. The Morgan fingerprint density at radius 3 is 2.12 bits per heavy atom. The summed E-state index contributed by atoms with van der Waals surface area (Å²) in [5.74, 6) is -0.898. The number of hydrogen-bond acceptors (Lipinski definition) is 3. The molecular weight excluding hydrogens is 265 g/mol. The standard InChI is InChI=1S/C7H3Cl2NO.C4H8O2/c8-5-1-4(3-10)2-6(9)7(5)11;1-2-3-4(5)6/h1-2,11H;2-3H2,1H3,(H,5,6). The molecule has 0 bridgehead atoms. The summed E-state index contributed by atoms with van der Waals surface area (Å²) < 4.78 is 0. The normalized spacial score (nSPS) is 8.82. The van der Waals surface area contributed by atoms with E-state index in [1.54, 1.807) is 0 Å². The van der Waals surface area contributed by atoms with Crippen LogP contribution in [0.5, 0.6) is 5.75 Å².